The second-order valence-electron chi connectivity index (χ2n) is 13.6. The number of alkyl halides is 3. The largest absolute Gasteiger partial charge is 0.452 e. The molecule has 6 rings (SSSR count). The number of benzene rings is 3. The number of rotatable bonds is 8. The van der Waals surface area contributed by atoms with E-state index >= 15 is 0 Å². The number of aromatic nitrogens is 3. The Bertz CT molecular complexity index is 1970. The van der Waals surface area contributed by atoms with Crippen molar-refractivity contribution in [3.63, 3.8) is 0 Å². The van der Waals surface area contributed by atoms with Crippen LogP contribution >= 0.6 is 0 Å². The number of halogens is 3. The van der Waals surface area contributed by atoms with Crippen LogP contribution in [0.4, 0.5) is 29.5 Å². The number of anilines is 2. The van der Waals surface area contributed by atoms with Gasteiger partial charge in [0.2, 0.25) is 11.7 Å². The first-order valence-electron chi connectivity index (χ1n) is 16.5. The van der Waals surface area contributed by atoms with Gasteiger partial charge < -0.3 is 15.1 Å². The summed E-state index contributed by atoms with van der Waals surface area (Å²) in [5.74, 6) is -3.27. The van der Waals surface area contributed by atoms with Crippen molar-refractivity contribution in [1.29, 1.82) is 0 Å². The van der Waals surface area contributed by atoms with Crippen molar-refractivity contribution in [1.82, 2.24) is 20.1 Å². The Morgan fingerprint density at radius 2 is 1.62 bits per heavy atom. The number of carbonyl (C=O) groups is 2. The fourth-order valence-corrected chi connectivity index (χ4v) is 6.15. The van der Waals surface area contributed by atoms with E-state index in [1.54, 1.807) is 59.3 Å². The number of amides is 2. The maximum Gasteiger partial charge on any atom is 0.452 e. The lowest BCUT2D eigenvalue weighted by Crippen LogP contribution is -2.34. The number of carbonyl (C=O) groups excluding carboxylic acids is 2. The summed E-state index contributed by atoms with van der Waals surface area (Å²) in [5.41, 5.74) is 2.75. The lowest BCUT2D eigenvalue weighted by atomic mass is 9.77. The van der Waals surface area contributed by atoms with Crippen LogP contribution in [0.15, 0.2) is 89.3 Å². The minimum absolute atomic E-state index is 0.273. The molecule has 2 aromatic heterocycles. The van der Waals surface area contributed by atoms with E-state index in [9.17, 15) is 22.8 Å². The van der Waals surface area contributed by atoms with E-state index in [0.717, 1.165) is 16.9 Å². The van der Waals surface area contributed by atoms with Crippen LogP contribution in [-0.2, 0) is 11.6 Å². The SMILES string of the molecule is Cc1ccc(-n2nc(C(C)(C)C)cc2NC(=O)Nc2cccc(C(C(=O)c3nc(-c4ccccc4)oc3C(F)(F)F)C3CCNCC3)c2)cc1. The van der Waals surface area contributed by atoms with Crippen LogP contribution in [0.25, 0.3) is 17.1 Å². The fraction of sp³-hybridized carbons (Fsp3) is 0.316. The molecule has 1 aliphatic rings. The van der Waals surface area contributed by atoms with Gasteiger partial charge in [-0.05, 0) is 80.7 Å². The van der Waals surface area contributed by atoms with Gasteiger partial charge in [-0.2, -0.15) is 18.3 Å². The van der Waals surface area contributed by atoms with Gasteiger partial charge in [-0.3, -0.25) is 10.1 Å². The molecule has 1 unspecified atom stereocenters. The van der Waals surface area contributed by atoms with Crippen molar-refractivity contribution in [2.75, 3.05) is 23.7 Å². The van der Waals surface area contributed by atoms with Crippen LogP contribution in [0, 0.1) is 12.8 Å². The molecule has 0 radical (unpaired) electrons. The fourth-order valence-electron chi connectivity index (χ4n) is 6.15. The summed E-state index contributed by atoms with van der Waals surface area (Å²) in [4.78, 5) is 31.8. The summed E-state index contributed by atoms with van der Waals surface area (Å²) in [6, 6.07) is 23.9. The molecule has 12 heteroatoms. The Labute approximate surface area is 288 Å². The molecule has 260 valence electrons. The van der Waals surface area contributed by atoms with Crippen LogP contribution in [0.5, 0.6) is 0 Å². The van der Waals surface area contributed by atoms with Crippen molar-refractivity contribution in [3.05, 3.63) is 113 Å². The Morgan fingerprint density at radius 1 is 0.920 bits per heavy atom. The molecule has 0 saturated carbocycles. The molecule has 0 aliphatic carbocycles. The first kappa shape index (κ1) is 34.6. The smallest absolute Gasteiger partial charge is 0.431 e. The van der Waals surface area contributed by atoms with E-state index in [-0.39, 0.29) is 17.2 Å². The van der Waals surface area contributed by atoms with Crippen LogP contribution in [0.3, 0.4) is 0 Å². The minimum atomic E-state index is -4.94. The third-order valence-electron chi connectivity index (χ3n) is 8.78. The zero-order valence-electron chi connectivity index (χ0n) is 28.3. The zero-order chi connectivity index (χ0) is 35.6. The molecular weight excluding hydrogens is 645 g/mol. The molecule has 3 N–H and O–H groups in total. The number of aryl methyl sites for hydroxylation is 1. The molecule has 1 atom stereocenters. The molecular formula is C38H39F3N6O3. The predicted molar refractivity (Wildman–Crippen MR) is 186 cm³/mol. The first-order valence-corrected chi connectivity index (χ1v) is 16.5. The Morgan fingerprint density at radius 3 is 2.28 bits per heavy atom. The summed E-state index contributed by atoms with van der Waals surface area (Å²) in [6.07, 6.45) is -3.81. The molecule has 2 amide bonds. The van der Waals surface area contributed by atoms with Crippen molar-refractivity contribution in [2.45, 2.75) is 58.0 Å². The van der Waals surface area contributed by atoms with Gasteiger partial charge in [0.15, 0.2) is 11.5 Å². The summed E-state index contributed by atoms with van der Waals surface area (Å²) >= 11 is 0. The van der Waals surface area contributed by atoms with E-state index in [1.807, 2.05) is 58.0 Å². The third-order valence-corrected chi connectivity index (χ3v) is 8.78. The van der Waals surface area contributed by atoms with Gasteiger partial charge in [-0.15, -0.1) is 0 Å². The maximum absolute atomic E-state index is 14.3. The molecule has 1 saturated heterocycles. The van der Waals surface area contributed by atoms with Gasteiger partial charge in [0, 0.05) is 22.7 Å². The Balaban J connectivity index is 1.31. The van der Waals surface area contributed by atoms with Crippen molar-refractivity contribution in [3.8, 4) is 17.1 Å². The third kappa shape index (κ3) is 7.65. The first-order chi connectivity index (χ1) is 23.8. The number of Topliss-reactive ketones (excluding diaryl/α,β-unsaturated/α-hetero) is 1. The lowest BCUT2D eigenvalue weighted by molar-refractivity contribution is -0.153. The topological polar surface area (TPSA) is 114 Å². The highest BCUT2D eigenvalue weighted by Crippen LogP contribution is 2.41. The number of nitrogens with one attached hydrogen (secondary N) is 3. The highest BCUT2D eigenvalue weighted by atomic mass is 19.4. The second kappa shape index (κ2) is 13.9. The monoisotopic (exact) mass is 684 g/mol. The highest BCUT2D eigenvalue weighted by molar-refractivity contribution is 6.02. The molecule has 3 aromatic carbocycles. The van der Waals surface area contributed by atoms with Crippen LogP contribution in [0.2, 0.25) is 0 Å². The second-order valence-corrected chi connectivity index (χ2v) is 13.6. The Hall–Kier alpha value is -5.23. The standard InChI is InChI=1S/C38H39F3N6O3/c1-23-13-15-28(16-14-23)47-30(22-29(46-47)37(2,3)4)44-36(49)43-27-12-8-11-26(21-27)31(24-17-19-42-20-18-24)33(48)32-34(38(39,40)41)50-35(45-32)25-9-6-5-7-10-25/h5-16,21-22,24,31,42H,17-20H2,1-4H3,(H2,43,44,49). The number of hydrogen-bond donors (Lipinski definition) is 3. The molecule has 1 fully saturated rings. The van der Waals surface area contributed by atoms with Crippen LogP contribution in [-0.4, -0.2) is 39.7 Å². The highest BCUT2D eigenvalue weighted by Gasteiger charge is 2.44. The number of urea groups is 1. The molecule has 0 spiro atoms. The van der Waals surface area contributed by atoms with Gasteiger partial charge in [0.25, 0.3) is 0 Å². The van der Waals surface area contributed by atoms with Crippen molar-refractivity contribution >= 4 is 23.3 Å². The minimum Gasteiger partial charge on any atom is -0.431 e. The molecule has 0 bridgehead atoms. The maximum atomic E-state index is 14.3. The van der Waals surface area contributed by atoms with E-state index in [1.165, 1.54) is 0 Å². The van der Waals surface area contributed by atoms with E-state index in [2.05, 4.69) is 20.9 Å². The van der Waals surface area contributed by atoms with E-state index < -0.39 is 35.4 Å². The number of piperidine rings is 1. The average Bonchev–Trinajstić information content (AvgIpc) is 3.72. The summed E-state index contributed by atoms with van der Waals surface area (Å²) < 4.78 is 49.8. The van der Waals surface area contributed by atoms with Crippen molar-refractivity contribution in [2.24, 2.45) is 5.92 Å². The number of hydrogen-bond acceptors (Lipinski definition) is 6. The quantitative estimate of drug-likeness (QED) is 0.141. The molecule has 1 aliphatic heterocycles. The molecule has 50 heavy (non-hydrogen) atoms. The van der Waals surface area contributed by atoms with E-state index in [4.69, 9.17) is 9.52 Å². The van der Waals surface area contributed by atoms with Crippen molar-refractivity contribution < 1.29 is 27.2 Å². The summed E-state index contributed by atoms with van der Waals surface area (Å²) in [7, 11) is 0. The molecule has 9 nitrogen and oxygen atoms in total. The van der Waals surface area contributed by atoms with E-state index in [0.29, 0.717) is 48.6 Å². The van der Waals surface area contributed by atoms with Gasteiger partial charge >= 0.3 is 12.2 Å². The summed E-state index contributed by atoms with van der Waals surface area (Å²) in [5, 5.41) is 13.7. The number of oxazole rings is 1. The lowest BCUT2D eigenvalue weighted by Gasteiger charge is -2.30. The van der Waals surface area contributed by atoms with Crippen LogP contribution in [0.1, 0.15) is 72.6 Å². The van der Waals surface area contributed by atoms with Crippen LogP contribution < -0.4 is 16.0 Å². The average molecular weight is 685 g/mol. The molecule has 3 heterocycles. The van der Waals surface area contributed by atoms with Gasteiger partial charge in [-0.25, -0.2) is 14.5 Å². The van der Waals surface area contributed by atoms with Gasteiger partial charge in [-0.1, -0.05) is 68.8 Å². The normalized spacial score (nSPS) is 14.7. The zero-order valence-corrected chi connectivity index (χ0v) is 28.3. The molecule has 5 aromatic rings. The number of ketones is 1. The Kier molecular flexibility index (Phi) is 9.66. The predicted octanol–water partition coefficient (Wildman–Crippen LogP) is 8.76. The van der Waals surface area contributed by atoms with Gasteiger partial charge in [0.05, 0.1) is 17.3 Å². The number of nitrogens with zero attached hydrogens (tertiary/aromatic N) is 3. The van der Waals surface area contributed by atoms with Gasteiger partial charge in [0.1, 0.15) is 5.82 Å². The summed E-state index contributed by atoms with van der Waals surface area (Å²) in [6.45, 7) is 9.30.